The van der Waals surface area contributed by atoms with E-state index in [1.165, 1.54) is 19.3 Å². The van der Waals surface area contributed by atoms with E-state index in [1.54, 1.807) is 10.9 Å². The molecule has 0 spiro atoms. The third-order valence-electron chi connectivity index (χ3n) is 3.68. The number of unbranched alkanes of at least 4 members (excludes halogenated alkanes) is 1. The first-order valence-corrected chi connectivity index (χ1v) is 8.82. The Morgan fingerprint density at radius 3 is 2.62 bits per heavy atom. The van der Waals surface area contributed by atoms with Crippen LogP contribution in [0.25, 0.3) is 11.0 Å². The van der Waals surface area contributed by atoms with E-state index >= 15 is 0 Å². The summed E-state index contributed by atoms with van der Waals surface area (Å²) in [5.74, 6) is 0.597. The molecule has 0 N–H and O–H groups in total. The molecule has 0 radical (unpaired) electrons. The number of fused-ring (bicyclic) bond motifs is 1. The molecule has 0 aliphatic carbocycles. The molecule has 2 aromatic rings. The second-order valence-electron chi connectivity index (χ2n) is 5.20. The van der Waals surface area contributed by atoms with Gasteiger partial charge in [0.15, 0.2) is 0 Å². The fourth-order valence-corrected chi connectivity index (χ4v) is 3.32. The quantitative estimate of drug-likeness (QED) is 0.666. The Morgan fingerprint density at radius 2 is 2.00 bits per heavy atom. The van der Waals surface area contributed by atoms with Gasteiger partial charge in [0.2, 0.25) is 0 Å². The predicted molar refractivity (Wildman–Crippen MR) is 90.9 cm³/mol. The summed E-state index contributed by atoms with van der Waals surface area (Å²) in [6.45, 7) is 5.25. The Labute approximate surface area is 141 Å². The van der Waals surface area contributed by atoms with E-state index in [-0.39, 0.29) is 0 Å². The number of hydrogen-bond donors (Lipinski definition) is 0. The van der Waals surface area contributed by atoms with Crippen LogP contribution < -0.4 is 0 Å². The van der Waals surface area contributed by atoms with Gasteiger partial charge in [0.05, 0.1) is 16.6 Å². The molecule has 1 heterocycles. The fraction of sp³-hybridized carbons (Fsp3) is 0.533. The maximum atomic E-state index is 9.13. The van der Waals surface area contributed by atoms with Crippen molar-refractivity contribution < 1.29 is 0 Å². The van der Waals surface area contributed by atoms with Gasteiger partial charge in [-0.15, -0.1) is 0 Å². The molecule has 0 saturated carbocycles. The lowest BCUT2D eigenvalue weighted by atomic mass is 10.00. The summed E-state index contributed by atoms with van der Waals surface area (Å²) in [6.07, 6.45) is 4.79. The average molecular weight is 414 g/mol. The van der Waals surface area contributed by atoms with Crippen molar-refractivity contribution in [1.82, 2.24) is 15.0 Å². The van der Waals surface area contributed by atoms with Crippen LogP contribution in [0.15, 0.2) is 15.0 Å². The summed E-state index contributed by atoms with van der Waals surface area (Å²) < 4.78 is 1.53. The SMILES string of the molecule is CCCCC(CC)Cn1nc2c(Br)cc(C#N)c(Br)c2n1. The zero-order valence-corrected chi connectivity index (χ0v) is 15.4. The third-order valence-corrected chi connectivity index (χ3v) is 5.09. The predicted octanol–water partition coefficient (Wildman–Crippen LogP) is 5.04. The highest BCUT2D eigenvalue weighted by Crippen LogP contribution is 2.31. The maximum absolute atomic E-state index is 9.13. The molecular weight excluding hydrogens is 396 g/mol. The number of nitrogens with zero attached hydrogens (tertiary/aromatic N) is 4. The fourth-order valence-electron chi connectivity index (χ4n) is 2.35. The van der Waals surface area contributed by atoms with Crippen LogP contribution in [-0.2, 0) is 6.54 Å². The van der Waals surface area contributed by atoms with Gasteiger partial charge in [-0.1, -0.05) is 33.1 Å². The summed E-state index contributed by atoms with van der Waals surface area (Å²) in [4.78, 5) is 1.77. The average Bonchev–Trinajstić information content (AvgIpc) is 2.91. The number of hydrogen-bond acceptors (Lipinski definition) is 3. The Bertz CT molecular complexity index is 672. The maximum Gasteiger partial charge on any atom is 0.129 e. The summed E-state index contributed by atoms with van der Waals surface area (Å²) in [5, 5.41) is 18.3. The van der Waals surface area contributed by atoms with Crippen LogP contribution >= 0.6 is 31.9 Å². The second kappa shape index (κ2) is 7.37. The minimum absolute atomic E-state index is 0.569. The summed E-state index contributed by atoms with van der Waals surface area (Å²) in [7, 11) is 0. The molecule has 1 aromatic heterocycles. The van der Waals surface area contributed by atoms with E-state index in [0.717, 1.165) is 32.9 Å². The third kappa shape index (κ3) is 3.64. The molecule has 0 fully saturated rings. The molecule has 1 unspecified atom stereocenters. The first-order chi connectivity index (χ1) is 10.1. The highest BCUT2D eigenvalue weighted by atomic mass is 79.9. The summed E-state index contributed by atoms with van der Waals surface area (Å²) in [6, 6.07) is 3.94. The van der Waals surface area contributed by atoms with Crippen LogP contribution in [0.1, 0.15) is 45.1 Å². The van der Waals surface area contributed by atoms with Crippen molar-refractivity contribution in [2.45, 2.75) is 46.1 Å². The number of nitriles is 1. The van der Waals surface area contributed by atoms with E-state index in [1.807, 2.05) is 0 Å². The molecule has 0 amide bonds. The van der Waals surface area contributed by atoms with Crippen LogP contribution in [0, 0.1) is 17.2 Å². The smallest absolute Gasteiger partial charge is 0.129 e. The Kier molecular flexibility index (Phi) is 5.77. The Hall–Kier alpha value is -0.930. The van der Waals surface area contributed by atoms with Crippen molar-refractivity contribution in [3.63, 3.8) is 0 Å². The summed E-state index contributed by atoms with van der Waals surface area (Å²) in [5.41, 5.74) is 2.11. The molecule has 0 aliphatic heterocycles. The molecular formula is C15H18Br2N4. The van der Waals surface area contributed by atoms with Gasteiger partial charge in [-0.25, -0.2) is 0 Å². The highest BCUT2D eigenvalue weighted by Gasteiger charge is 2.16. The van der Waals surface area contributed by atoms with Crippen molar-refractivity contribution in [3.05, 3.63) is 20.6 Å². The molecule has 6 heteroatoms. The van der Waals surface area contributed by atoms with Crippen LogP contribution in [0.3, 0.4) is 0 Å². The van der Waals surface area contributed by atoms with Crippen molar-refractivity contribution in [2.24, 2.45) is 5.92 Å². The van der Waals surface area contributed by atoms with Gasteiger partial charge in [-0.3, -0.25) is 0 Å². The van der Waals surface area contributed by atoms with Crippen LogP contribution in [-0.4, -0.2) is 15.0 Å². The van der Waals surface area contributed by atoms with Gasteiger partial charge in [-0.05, 0) is 50.3 Å². The van der Waals surface area contributed by atoms with Crippen LogP contribution in [0.2, 0.25) is 0 Å². The molecule has 1 atom stereocenters. The molecule has 21 heavy (non-hydrogen) atoms. The molecule has 4 nitrogen and oxygen atoms in total. The van der Waals surface area contributed by atoms with Crippen LogP contribution in [0.5, 0.6) is 0 Å². The summed E-state index contributed by atoms with van der Waals surface area (Å²) >= 11 is 6.93. The van der Waals surface area contributed by atoms with E-state index < -0.39 is 0 Å². The molecule has 0 bridgehead atoms. The van der Waals surface area contributed by atoms with Gasteiger partial charge in [0.1, 0.15) is 17.1 Å². The minimum atomic E-state index is 0.569. The first-order valence-electron chi connectivity index (χ1n) is 7.23. The topological polar surface area (TPSA) is 54.5 Å². The number of halogens is 2. The molecule has 1 aromatic carbocycles. The molecule has 0 saturated heterocycles. The molecule has 2 rings (SSSR count). The standard InChI is InChI=1S/C15H18Br2N4/c1-3-5-6-10(4-2)9-21-19-14-12(16)7-11(8-18)13(17)15(14)20-21/h7,10H,3-6,9H2,1-2H3. The van der Waals surface area contributed by atoms with Gasteiger partial charge in [0, 0.05) is 4.47 Å². The number of benzene rings is 1. The molecule has 0 aliphatic rings. The van der Waals surface area contributed by atoms with E-state index in [4.69, 9.17) is 5.26 Å². The zero-order valence-electron chi connectivity index (χ0n) is 12.2. The lowest BCUT2D eigenvalue weighted by Gasteiger charge is -2.12. The van der Waals surface area contributed by atoms with Crippen molar-refractivity contribution in [3.8, 4) is 6.07 Å². The monoisotopic (exact) mass is 412 g/mol. The van der Waals surface area contributed by atoms with E-state index in [2.05, 4.69) is 62.0 Å². The lowest BCUT2D eigenvalue weighted by molar-refractivity contribution is 0.351. The molecule has 112 valence electrons. The van der Waals surface area contributed by atoms with E-state index in [0.29, 0.717) is 11.5 Å². The Morgan fingerprint density at radius 1 is 1.29 bits per heavy atom. The number of rotatable bonds is 6. The second-order valence-corrected chi connectivity index (χ2v) is 6.85. The minimum Gasteiger partial charge on any atom is -0.192 e. The van der Waals surface area contributed by atoms with Gasteiger partial charge < -0.3 is 0 Å². The zero-order chi connectivity index (χ0) is 15.4. The van der Waals surface area contributed by atoms with Gasteiger partial charge >= 0.3 is 0 Å². The normalized spacial score (nSPS) is 12.5. The highest BCUT2D eigenvalue weighted by molar-refractivity contribution is 9.11. The van der Waals surface area contributed by atoms with Crippen molar-refractivity contribution >= 4 is 42.9 Å². The van der Waals surface area contributed by atoms with E-state index in [9.17, 15) is 0 Å². The van der Waals surface area contributed by atoms with Crippen LogP contribution in [0.4, 0.5) is 0 Å². The van der Waals surface area contributed by atoms with Gasteiger partial charge in [0.25, 0.3) is 0 Å². The van der Waals surface area contributed by atoms with Crippen molar-refractivity contribution in [2.75, 3.05) is 0 Å². The van der Waals surface area contributed by atoms with Crippen molar-refractivity contribution in [1.29, 1.82) is 5.26 Å². The van der Waals surface area contributed by atoms with Gasteiger partial charge in [-0.2, -0.15) is 20.3 Å². The Balaban J connectivity index is 2.33. The first kappa shape index (κ1) is 16.4. The lowest BCUT2D eigenvalue weighted by Crippen LogP contribution is -2.12. The largest absolute Gasteiger partial charge is 0.192 e. The number of aromatic nitrogens is 3.